The summed E-state index contributed by atoms with van der Waals surface area (Å²) in [4.78, 5) is 0. The Morgan fingerprint density at radius 2 is 1.91 bits per heavy atom. The molecule has 0 aliphatic rings. The topological polar surface area (TPSA) is 107 Å². The zero-order valence-electron chi connectivity index (χ0n) is 6.44. The quantitative estimate of drug-likeness (QED) is 0.314. The van der Waals surface area contributed by atoms with E-state index in [0.717, 1.165) is 0 Å². The molecular weight excluding hydrogens is 150 g/mol. The van der Waals surface area contributed by atoms with E-state index in [-0.39, 0.29) is 0 Å². The molecule has 3 atom stereocenters. The summed E-state index contributed by atoms with van der Waals surface area (Å²) in [5, 5.41) is 35.4. The SMILES string of the molecule is CC(O)(CO)[C@H](O)C(N)CO. The van der Waals surface area contributed by atoms with Crippen LogP contribution in [0.3, 0.4) is 0 Å². The lowest BCUT2D eigenvalue weighted by Crippen LogP contribution is -2.54. The monoisotopic (exact) mass is 165 g/mol. The molecule has 0 fully saturated rings. The van der Waals surface area contributed by atoms with Crippen molar-refractivity contribution in [1.82, 2.24) is 0 Å². The average molecular weight is 165 g/mol. The van der Waals surface area contributed by atoms with Crippen molar-refractivity contribution in [1.29, 1.82) is 0 Å². The number of rotatable bonds is 4. The normalized spacial score (nSPS) is 22.4. The van der Waals surface area contributed by atoms with Crippen molar-refractivity contribution in [2.24, 2.45) is 5.73 Å². The highest BCUT2D eigenvalue weighted by atomic mass is 16.4. The Labute approximate surface area is 65.1 Å². The molecule has 0 aromatic rings. The molecule has 0 amide bonds. The molecule has 0 bridgehead atoms. The van der Waals surface area contributed by atoms with Gasteiger partial charge in [-0.15, -0.1) is 0 Å². The number of nitrogens with two attached hydrogens (primary N) is 1. The molecule has 0 saturated heterocycles. The van der Waals surface area contributed by atoms with Crippen molar-refractivity contribution >= 4 is 0 Å². The maximum atomic E-state index is 9.20. The van der Waals surface area contributed by atoms with Gasteiger partial charge in [-0.3, -0.25) is 0 Å². The van der Waals surface area contributed by atoms with E-state index in [9.17, 15) is 5.11 Å². The highest BCUT2D eigenvalue weighted by Gasteiger charge is 2.33. The van der Waals surface area contributed by atoms with Crippen LogP contribution in [-0.2, 0) is 0 Å². The summed E-state index contributed by atoms with van der Waals surface area (Å²) in [5.74, 6) is 0. The molecule has 0 aliphatic heterocycles. The van der Waals surface area contributed by atoms with E-state index in [4.69, 9.17) is 21.1 Å². The molecule has 5 nitrogen and oxygen atoms in total. The highest BCUT2D eigenvalue weighted by molar-refractivity contribution is 4.87. The zero-order chi connectivity index (χ0) is 9.07. The zero-order valence-corrected chi connectivity index (χ0v) is 6.44. The molecule has 0 saturated carbocycles. The lowest BCUT2D eigenvalue weighted by molar-refractivity contribution is -0.105. The van der Waals surface area contributed by atoms with E-state index in [1.807, 2.05) is 0 Å². The maximum Gasteiger partial charge on any atom is 0.112 e. The van der Waals surface area contributed by atoms with Crippen molar-refractivity contribution < 1.29 is 20.4 Å². The van der Waals surface area contributed by atoms with Crippen molar-refractivity contribution in [3.8, 4) is 0 Å². The predicted molar refractivity (Wildman–Crippen MR) is 38.8 cm³/mol. The lowest BCUT2D eigenvalue weighted by Gasteiger charge is -2.30. The number of hydrogen-bond acceptors (Lipinski definition) is 5. The second-order valence-corrected chi connectivity index (χ2v) is 2.81. The van der Waals surface area contributed by atoms with Gasteiger partial charge in [0, 0.05) is 0 Å². The van der Waals surface area contributed by atoms with E-state index in [2.05, 4.69) is 0 Å². The Balaban J connectivity index is 4.10. The van der Waals surface area contributed by atoms with Crippen LogP contribution in [-0.4, -0.2) is 51.4 Å². The van der Waals surface area contributed by atoms with Crippen LogP contribution in [0.15, 0.2) is 0 Å². The van der Waals surface area contributed by atoms with Crippen molar-refractivity contribution in [3.63, 3.8) is 0 Å². The van der Waals surface area contributed by atoms with Gasteiger partial charge in [-0.1, -0.05) is 0 Å². The molecule has 68 valence electrons. The van der Waals surface area contributed by atoms with Gasteiger partial charge in [0.1, 0.15) is 11.7 Å². The molecule has 0 aliphatic carbocycles. The summed E-state index contributed by atoms with van der Waals surface area (Å²) in [6.07, 6.45) is -1.32. The Morgan fingerprint density at radius 1 is 1.45 bits per heavy atom. The third-order valence-electron chi connectivity index (χ3n) is 1.57. The molecule has 11 heavy (non-hydrogen) atoms. The van der Waals surface area contributed by atoms with Crippen LogP contribution in [0.1, 0.15) is 6.92 Å². The van der Waals surface area contributed by atoms with Gasteiger partial charge in [-0.2, -0.15) is 0 Å². The Kier molecular flexibility index (Phi) is 3.91. The number of aliphatic hydroxyl groups excluding tert-OH is 3. The van der Waals surface area contributed by atoms with Crippen LogP contribution in [0.2, 0.25) is 0 Å². The van der Waals surface area contributed by atoms with Crippen molar-refractivity contribution in [2.45, 2.75) is 24.7 Å². The van der Waals surface area contributed by atoms with Crippen LogP contribution in [0.5, 0.6) is 0 Å². The van der Waals surface area contributed by atoms with Gasteiger partial charge in [-0.25, -0.2) is 0 Å². The van der Waals surface area contributed by atoms with Gasteiger partial charge in [0.2, 0.25) is 0 Å². The first-order chi connectivity index (χ1) is 4.95. The first-order valence-corrected chi connectivity index (χ1v) is 3.33. The predicted octanol–water partition coefficient (Wildman–Crippen LogP) is -2.59. The summed E-state index contributed by atoms with van der Waals surface area (Å²) in [5.41, 5.74) is 3.56. The molecular formula is C6H15NO4. The first kappa shape index (κ1) is 10.8. The van der Waals surface area contributed by atoms with Gasteiger partial charge in [0.25, 0.3) is 0 Å². The fraction of sp³-hybridized carbons (Fsp3) is 1.00. The van der Waals surface area contributed by atoms with Gasteiger partial charge in [0.05, 0.1) is 19.3 Å². The number of hydrogen-bond donors (Lipinski definition) is 5. The minimum Gasteiger partial charge on any atom is -0.395 e. The standard InChI is InChI=1S/C6H15NO4/c1-6(11,3-9)5(10)4(7)2-8/h4-5,8-11H,2-3,7H2,1H3/t4?,5-,6?/m1/s1. The van der Waals surface area contributed by atoms with Crippen LogP contribution in [0, 0.1) is 0 Å². The smallest absolute Gasteiger partial charge is 0.112 e. The van der Waals surface area contributed by atoms with E-state index < -0.39 is 31.0 Å². The summed E-state index contributed by atoms with van der Waals surface area (Å²) >= 11 is 0. The summed E-state index contributed by atoms with van der Waals surface area (Å²) in [6.45, 7) is 0.215. The fourth-order valence-corrected chi connectivity index (χ4v) is 0.655. The molecule has 0 spiro atoms. The molecule has 5 heteroatoms. The van der Waals surface area contributed by atoms with Crippen LogP contribution < -0.4 is 5.73 Å². The van der Waals surface area contributed by atoms with Crippen LogP contribution >= 0.6 is 0 Å². The van der Waals surface area contributed by atoms with Crippen molar-refractivity contribution in [3.05, 3.63) is 0 Å². The summed E-state index contributed by atoms with van der Waals surface area (Å²) < 4.78 is 0. The number of aliphatic hydroxyl groups is 4. The average Bonchev–Trinajstić information content (AvgIpc) is 2.01. The van der Waals surface area contributed by atoms with E-state index >= 15 is 0 Å². The molecule has 2 unspecified atom stereocenters. The molecule has 0 rings (SSSR count). The Morgan fingerprint density at radius 3 is 2.18 bits per heavy atom. The maximum absolute atomic E-state index is 9.20. The largest absolute Gasteiger partial charge is 0.395 e. The minimum absolute atomic E-state index is 0.433. The third kappa shape index (κ3) is 2.72. The molecule has 0 aromatic heterocycles. The van der Waals surface area contributed by atoms with Gasteiger partial charge in [0.15, 0.2) is 0 Å². The summed E-state index contributed by atoms with van der Waals surface area (Å²) in [6, 6.07) is -0.933. The van der Waals surface area contributed by atoms with Gasteiger partial charge >= 0.3 is 0 Å². The van der Waals surface area contributed by atoms with Crippen LogP contribution in [0.25, 0.3) is 0 Å². The first-order valence-electron chi connectivity index (χ1n) is 3.33. The molecule has 0 heterocycles. The Bertz CT molecular complexity index is 117. The van der Waals surface area contributed by atoms with E-state index in [1.165, 1.54) is 6.92 Å². The molecule has 0 aromatic carbocycles. The Hall–Kier alpha value is -0.200. The second kappa shape index (κ2) is 3.99. The van der Waals surface area contributed by atoms with Gasteiger partial charge < -0.3 is 26.2 Å². The molecule has 6 N–H and O–H groups in total. The van der Waals surface area contributed by atoms with E-state index in [1.54, 1.807) is 0 Å². The second-order valence-electron chi connectivity index (χ2n) is 2.81. The van der Waals surface area contributed by atoms with Crippen LogP contribution in [0.4, 0.5) is 0 Å². The summed E-state index contributed by atoms with van der Waals surface area (Å²) in [7, 11) is 0. The van der Waals surface area contributed by atoms with Crippen molar-refractivity contribution in [2.75, 3.05) is 13.2 Å². The van der Waals surface area contributed by atoms with E-state index in [0.29, 0.717) is 0 Å². The fourth-order valence-electron chi connectivity index (χ4n) is 0.655. The lowest BCUT2D eigenvalue weighted by atomic mass is 9.95. The third-order valence-corrected chi connectivity index (χ3v) is 1.57. The van der Waals surface area contributed by atoms with Gasteiger partial charge in [-0.05, 0) is 6.92 Å². The minimum atomic E-state index is -1.65. The molecule has 0 radical (unpaired) electrons. The highest BCUT2D eigenvalue weighted by Crippen LogP contribution is 2.10.